The number of hydrogen-bond acceptors (Lipinski definition) is 6. The minimum atomic E-state index is -0.784. The molecule has 0 fully saturated rings. The Hall–Kier alpha value is -3.41. The molecule has 77 heavy (non-hydrogen) atoms. The van der Waals surface area contributed by atoms with Crippen LogP contribution in [0.4, 0.5) is 0 Å². The van der Waals surface area contributed by atoms with Crippen molar-refractivity contribution in [2.75, 3.05) is 13.2 Å². The quantitative estimate of drug-likeness (QED) is 0.0261. The molecule has 444 valence electrons. The SMILES string of the molecule is CC/C=C\C/C=C\C/C=C\C/C=C\CCCCCCCCCCCCCCCCCCC(=O)OCC(COC(=O)CCCCCCC/C=C\CCCCCC)OC(=O)CCCCCCCCC/C=C\C/C=C\CCCCC. The van der Waals surface area contributed by atoms with Gasteiger partial charge in [-0.05, 0) is 116 Å². The summed E-state index contributed by atoms with van der Waals surface area (Å²) in [5.74, 6) is -0.882. The van der Waals surface area contributed by atoms with Crippen molar-refractivity contribution in [2.24, 2.45) is 0 Å². The van der Waals surface area contributed by atoms with E-state index >= 15 is 0 Å². The molecule has 0 aliphatic heterocycles. The van der Waals surface area contributed by atoms with Gasteiger partial charge in [0.05, 0.1) is 0 Å². The van der Waals surface area contributed by atoms with Gasteiger partial charge >= 0.3 is 17.9 Å². The number of carbonyl (C=O) groups excluding carboxylic acids is 3. The monoisotopic (exact) mass is 1070 g/mol. The number of carbonyl (C=O) groups is 3. The summed E-state index contributed by atoms with van der Waals surface area (Å²) < 4.78 is 16.9. The van der Waals surface area contributed by atoms with Crippen molar-refractivity contribution in [1.29, 1.82) is 0 Å². The van der Waals surface area contributed by atoms with E-state index < -0.39 is 6.10 Å². The van der Waals surface area contributed by atoms with Crippen molar-refractivity contribution in [3.63, 3.8) is 0 Å². The number of allylic oxidation sites excluding steroid dienone is 14. The second-order valence-electron chi connectivity index (χ2n) is 22.0. The van der Waals surface area contributed by atoms with Crippen molar-refractivity contribution in [1.82, 2.24) is 0 Å². The lowest BCUT2D eigenvalue weighted by Gasteiger charge is -2.18. The van der Waals surface area contributed by atoms with Crippen molar-refractivity contribution < 1.29 is 28.6 Å². The van der Waals surface area contributed by atoms with Crippen molar-refractivity contribution in [3.05, 3.63) is 85.1 Å². The zero-order valence-corrected chi connectivity index (χ0v) is 51.0. The summed E-state index contributed by atoms with van der Waals surface area (Å²) in [5, 5.41) is 0. The van der Waals surface area contributed by atoms with Gasteiger partial charge in [-0.3, -0.25) is 14.4 Å². The molecule has 0 rings (SSSR count). The molecule has 0 amide bonds. The maximum absolute atomic E-state index is 12.9. The number of hydrogen-bond donors (Lipinski definition) is 0. The average Bonchev–Trinajstić information content (AvgIpc) is 3.43. The van der Waals surface area contributed by atoms with E-state index in [-0.39, 0.29) is 31.1 Å². The summed E-state index contributed by atoms with van der Waals surface area (Å²) in [4.78, 5) is 38.3. The highest BCUT2D eigenvalue weighted by molar-refractivity contribution is 5.71. The number of unbranched alkanes of at least 4 members (excludes halogenated alkanes) is 35. The lowest BCUT2D eigenvalue weighted by molar-refractivity contribution is -0.167. The van der Waals surface area contributed by atoms with Crippen LogP contribution in [0.1, 0.15) is 329 Å². The Balaban J connectivity index is 4.23. The van der Waals surface area contributed by atoms with E-state index in [1.165, 1.54) is 186 Å². The molecule has 0 N–H and O–H groups in total. The second kappa shape index (κ2) is 65.1. The molecule has 0 spiro atoms. The van der Waals surface area contributed by atoms with Gasteiger partial charge in [0.15, 0.2) is 6.10 Å². The number of ether oxygens (including phenoxy) is 3. The van der Waals surface area contributed by atoms with Crippen molar-refractivity contribution in [3.8, 4) is 0 Å². The lowest BCUT2D eigenvalue weighted by atomic mass is 10.0. The zero-order valence-electron chi connectivity index (χ0n) is 51.0. The van der Waals surface area contributed by atoms with E-state index in [0.717, 1.165) is 103 Å². The van der Waals surface area contributed by atoms with E-state index in [4.69, 9.17) is 14.2 Å². The van der Waals surface area contributed by atoms with E-state index in [2.05, 4.69) is 106 Å². The smallest absolute Gasteiger partial charge is 0.306 e. The normalized spacial score (nSPS) is 12.6. The Labute approximate surface area is 477 Å². The Morgan fingerprint density at radius 2 is 0.506 bits per heavy atom. The molecule has 0 aliphatic rings. The summed E-state index contributed by atoms with van der Waals surface area (Å²) in [6.07, 6.45) is 86.0. The van der Waals surface area contributed by atoms with Crippen LogP contribution >= 0.6 is 0 Å². The van der Waals surface area contributed by atoms with Crippen molar-refractivity contribution in [2.45, 2.75) is 335 Å². The van der Waals surface area contributed by atoms with Gasteiger partial charge in [-0.2, -0.15) is 0 Å². The van der Waals surface area contributed by atoms with Crippen LogP contribution in [0.25, 0.3) is 0 Å². The minimum Gasteiger partial charge on any atom is -0.462 e. The maximum Gasteiger partial charge on any atom is 0.306 e. The second-order valence-corrected chi connectivity index (χ2v) is 22.0. The average molecular weight is 1070 g/mol. The fraction of sp³-hybridized carbons (Fsp3) is 0.761. The molecule has 0 aromatic carbocycles. The molecule has 1 atom stereocenters. The van der Waals surface area contributed by atoms with Crippen LogP contribution in [0.15, 0.2) is 85.1 Å². The largest absolute Gasteiger partial charge is 0.462 e. The first-order chi connectivity index (χ1) is 38.0. The van der Waals surface area contributed by atoms with Crippen LogP contribution in [0, 0.1) is 0 Å². The predicted octanol–water partition coefficient (Wildman–Crippen LogP) is 22.7. The van der Waals surface area contributed by atoms with Crippen LogP contribution in [-0.2, 0) is 28.6 Å². The molecule has 6 nitrogen and oxygen atoms in total. The molecule has 0 radical (unpaired) electrons. The highest BCUT2D eigenvalue weighted by atomic mass is 16.6. The van der Waals surface area contributed by atoms with Gasteiger partial charge in [0.25, 0.3) is 0 Å². The third kappa shape index (κ3) is 63.3. The summed E-state index contributed by atoms with van der Waals surface area (Å²) in [6, 6.07) is 0. The predicted molar refractivity (Wildman–Crippen MR) is 334 cm³/mol. The van der Waals surface area contributed by atoms with Gasteiger partial charge in [-0.1, -0.05) is 279 Å². The third-order valence-corrected chi connectivity index (χ3v) is 14.4. The van der Waals surface area contributed by atoms with E-state index in [1.807, 2.05) is 0 Å². The Kier molecular flexibility index (Phi) is 62.2. The summed E-state index contributed by atoms with van der Waals surface area (Å²) >= 11 is 0. The summed E-state index contributed by atoms with van der Waals surface area (Å²) in [6.45, 7) is 6.51. The van der Waals surface area contributed by atoms with Crippen LogP contribution in [0.5, 0.6) is 0 Å². The highest BCUT2D eigenvalue weighted by Gasteiger charge is 2.19. The minimum absolute atomic E-state index is 0.0796. The first-order valence-electron chi connectivity index (χ1n) is 33.1. The molecule has 0 aromatic rings. The molecule has 6 heteroatoms. The molecule has 0 aliphatic carbocycles. The zero-order chi connectivity index (χ0) is 55.7. The summed E-state index contributed by atoms with van der Waals surface area (Å²) in [5.41, 5.74) is 0. The Bertz CT molecular complexity index is 1470. The Morgan fingerprint density at radius 1 is 0.273 bits per heavy atom. The van der Waals surface area contributed by atoms with Gasteiger partial charge in [-0.15, -0.1) is 0 Å². The van der Waals surface area contributed by atoms with Crippen LogP contribution < -0.4 is 0 Å². The molecule has 1 unspecified atom stereocenters. The van der Waals surface area contributed by atoms with Crippen LogP contribution in [0.2, 0.25) is 0 Å². The van der Waals surface area contributed by atoms with Gasteiger partial charge in [0.2, 0.25) is 0 Å². The number of rotatable bonds is 60. The van der Waals surface area contributed by atoms with Crippen LogP contribution in [-0.4, -0.2) is 37.2 Å². The first kappa shape index (κ1) is 73.6. The van der Waals surface area contributed by atoms with E-state index in [0.29, 0.717) is 19.3 Å². The van der Waals surface area contributed by atoms with Crippen molar-refractivity contribution >= 4 is 17.9 Å². The van der Waals surface area contributed by atoms with Gasteiger partial charge in [0.1, 0.15) is 13.2 Å². The Morgan fingerprint density at radius 3 is 0.831 bits per heavy atom. The lowest BCUT2D eigenvalue weighted by Crippen LogP contribution is -2.30. The molecular formula is C71H124O6. The molecule has 0 saturated carbocycles. The topological polar surface area (TPSA) is 78.9 Å². The standard InChI is InChI=1S/C71H124O6/c1-4-7-10-13-16-19-22-25-27-29-30-31-32-33-34-35-36-37-38-39-40-42-43-46-49-52-55-58-61-64-70(73)76-67-68(66-75-69(72)63-60-57-54-51-48-45-24-21-18-15-12-9-6-3)77-71(74)65-62-59-56-53-50-47-44-41-28-26-23-20-17-14-11-8-5-2/h7,10,16-17,19-21,24-28,30-31,68H,4-6,8-9,11-15,18,22-23,29,32-67H2,1-3H3/b10-7-,19-16-,20-17-,24-21-,27-25-,28-26-,31-30-. The number of esters is 3. The van der Waals surface area contributed by atoms with Crippen LogP contribution in [0.3, 0.4) is 0 Å². The molecule has 0 heterocycles. The maximum atomic E-state index is 12.9. The molecule has 0 bridgehead atoms. The molecule has 0 aromatic heterocycles. The summed E-state index contributed by atoms with van der Waals surface area (Å²) in [7, 11) is 0. The van der Waals surface area contributed by atoms with E-state index in [1.54, 1.807) is 0 Å². The van der Waals surface area contributed by atoms with Gasteiger partial charge in [-0.25, -0.2) is 0 Å². The highest BCUT2D eigenvalue weighted by Crippen LogP contribution is 2.17. The van der Waals surface area contributed by atoms with Gasteiger partial charge < -0.3 is 14.2 Å². The fourth-order valence-corrected chi connectivity index (χ4v) is 9.40. The fourth-order valence-electron chi connectivity index (χ4n) is 9.40. The molecular weight excluding hydrogens is 949 g/mol. The van der Waals surface area contributed by atoms with Gasteiger partial charge in [0, 0.05) is 19.3 Å². The van der Waals surface area contributed by atoms with E-state index in [9.17, 15) is 14.4 Å². The molecule has 0 saturated heterocycles. The third-order valence-electron chi connectivity index (χ3n) is 14.4. The first-order valence-corrected chi connectivity index (χ1v) is 33.1.